The zero-order valence-electron chi connectivity index (χ0n) is 14.2. The summed E-state index contributed by atoms with van der Waals surface area (Å²) in [6.45, 7) is 2.34. The SMILES string of the molecule is CC(=O)O[C@H](C(=O)O[C@@H](C)C(=O)ON1C(=O)CCC1=O)c1ccccc1. The summed E-state index contributed by atoms with van der Waals surface area (Å²) in [5, 5.41) is 0.355. The first kappa shape index (κ1) is 19.1. The number of carbonyl (C=O) groups is 5. The Morgan fingerprint density at radius 1 is 0.962 bits per heavy atom. The fourth-order valence-corrected chi connectivity index (χ4v) is 2.15. The van der Waals surface area contributed by atoms with Gasteiger partial charge in [0.1, 0.15) is 0 Å². The fourth-order valence-electron chi connectivity index (χ4n) is 2.15. The van der Waals surface area contributed by atoms with Crippen molar-refractivity contribution in [2.75, 3.05) is 0 Å². The lowest BCUT2D eigenvalue weighted by Gasteiger charge is -2.20. The summed E-state index contributed by atoms with van der Waals surface area (Å²) >= 11 is 0. The lowest BCUT2D eigenvalue weighted by atomic mass is 10.1. The molecule has 0 radical (unpaired) electrons. The van der Waals surface area contributed by atoms with Crippen LogP contribution in [-0.2, 0) is 38.3 Å². The molecule has 138 valence electrons. The molecule has 0 aromatic heterocycles. The molecule has 0 unspecified atom stereocenters. The van der Waals surface area contributed by atoms with E-state index in [0.717, 1.165) is 6.92 Å². The van der Waals surface area contributed by atoms with Crippen LogP contribution in [0.4, 0.5) is 0 Å². The van der Waals surface area contributed by atoms with Gasteiger partial charge in [0, 0.05) is 25.3 Å². The normalized spacial score (nSPS) is 16.0. The molecule has 26 heavy (non-hydrogen) atoms. The van der Waals surface area contributed by atoms with Gasteiger partial charge in [0.25, 0.3) is 11.8 Å². The van der Waals surface area contributed by atoms with Crippen molar-refractivity contribution in [3.8, 4) is 0 Å². The van der Waals surface area contributed by atoms with Crippen LogP contribution in [0.5, 0.6) is 0 Å². The highest BCUT2D eigenvalue weighted by molar-refractivity contribution is 6.01. The van der Waals surface area contributed by atoms with Crippen molar-refractivity contribution in [3.05, 3.63) is 35.9 Å². The topological polar surface area (TPSA) is 116 Å². The van der Waals surface area contributed by atoms with Crippen LogP contribution in [0.2, 0.25) is 0 Å². The number of ether oxygens (including phenoxy) is 2. The molecule has 2 rings (SSSR count). The Morgan fingerprint density at radius 3 is 2.08 bits per heavy atom. The number of hydrogen-bond donors (Lipinski definition) is 0. The van der Waals surface area contributed by atoms with E-state index in [0.29, 0.717) is 10.6 Å². The first-order valence-electron chi connectivity index (χ1n) is 7.80. The van der Waals surface area contributed by atoms with Crippen molar-refractivity contribution >= 4 is 29.7 Å². The number of imide groups is 1. The van der Waals surface area contributed by atoms with E-state index in [2.05, 4.69) is 4.84 Å². The zero-order valence-corrected chi connectivity index (χ0v) is 14.2. The fraction of sp³-hybridized carbons (Fsp3) is 0.353. The molecule has 1 aromatic rings. The molecule has 0 N–H and O–H groups in total. The molecule has 2 amide bonds. The number of hydroxylamine groups is 2. The van der Waals surface area contributed by atoms with Crippen molar-refractivity contribution in [2.45, 2.75) is 38.9 Å². The Hall–Kier alpha value is -3.23. The number of nitrogens with zero attached hydrogens (tertiary/aromatic N) is 1. The van der Waals surface area contributed by atoms with Gasteiger partial charge >= 0.3 is 17.9 Å². The molecule has 9 heteroatoms. The number of hydrogen-bond acceptors (Lipinski definition) is 8. The summed E-state index contributed by atoms with van der Waals surface area (Å²) in [6.07, 6.45) is -2.89. The number of esters is 2. The third-order valence-electron chi connectivity index (χ3n) is 3.41. The van der Waals surface area contributed by atoms with Crippen LogP contribution < -0.4 is 0 Å². The van der Waals surface area contributed by atoms with E-state index in [1.165, 1.54) is 6.92 Å². The summed E-state index contributed by atoms with van der Waals surface area (Å²) in [5.74, 6) is -4.10. The number of amides is 2. The Labute approximate surface area is 148 Å². The zero-order chi connectivity index (χ0) is 19.3. The Kier molecular flexibility index (Phi) is 6.05. The van der Waals surface area contributed by atoms with Gasteiger partial charge in [-0.05, 0) is 6.92 Å². The maximum absolute atomic E-state index is 12.3. The molecule has 1 aromatic carbocycles. The molecular formula is C17H17NO8. The van der Waals surface area contributed by atoms with Crippen LogP contribution in [0.25, 0.3) is 0 Å². The van der Waals surface area contributed by atoms with E-state index < -0.39 is 41.9 Å². The van der Waals surface area contributed by atoms with Crippen LogP contribution in [0, 0.1) is 0 Å². The van der Waals surface area contributed by atoms with E-state index in [4.69, 9.17) is 9.47 Å². The molecule has 1 aliphatic heterocycles. The summed E-state index contributed by atoms with van der Waals surface area (Å²) in [5.41, 5.74) is 0.359. The van der Waals surface area contributed by atoms with Crippen LogP contribution in [0.1, 0.15) is 38.4 Å². The third-order valence-corrected chi connectivity index (χ3v) is 3.41. The molecule has 1 fully saturated rings. The lowest BCUT2D eigenvalue weighted by Crippen LogP contribution is -2.38. The smallest absolute Gasteiger partial charge is 0.373 e. The first-order chi connectivity index (χ1) is 12.3. The molecule has 1 heterocycles. The number of carbonyl (C=O) groups excluding carboxylic acids is 5. The van der Waals surface area contributed by atoms with Gasteiger partial charge in [-0.25, -0.2) is 9.59 Å². The standard InChI is InChI=1S/C17H17NO8/c1-10(16(22)26-18-13(20)8-9-14(18)21)24-17(23)15(25-11(2)19)12-6-4-3-5-7-12/h3-7,10,15H,8-9H2,1-2H3/t10-,15-/m0/s1. The van der Waals surface area contributed by atoms with Gasteiger partial charge in [-0.3, -0.25) is 14.4 Å². The third kappa shape index (κ3) is 4.65. The largest absolute Gasteiger partial charge is 0.448 e. The van der Waals surface area contributed by atoms with Crippen molar-refractivity contribution in [1.29, 1.82) is 0 Å². The van der Waals surface area contributed by atoms with Crippen molar-refractivity contribution in [1.82, 2.24) is 5.06 Å². The summed E-state index contributed by atoms with van der Waals surface area (Å²) in [6, 6.07) is 8.10. The predicted octanol–water partition coefficient (Wildman–Crippen LogP) is 0.830. The lowest BCUT2D eigenvalue weighted by molar-refractivity contribution is -0.206. The molecule has 0 bridgehead atoms. The van der Waals surface area contributed by atoms with Crippen LogP contribution in [0.15, 0.2) is 30.3 Å². The molecule has 0 aliphatic carbocycles. The van der Waals surface area contributed by atoms with Gasteiger partial charge in [-0.15, -0.1) is 5.06 Å². The molecule has 1 aliphatic rings. The minimum Gasteiger partial charge on any atom is -0.448 e. The quantitative estimate of drug-likeness (QED) is 0.539. The van der Waals surface area contributed by atoms with E-state index in [1.807, 2.05) is 0 Å². The van der Waals surface area contributed by atoms with Gasteiger partial charge in [0.15, 0.2) is 6.10 Å². The predicted molar refractivity (Wildman–Crippen MR) is 83.7 cm³/mol. The van der Waals surface area contributed by atoms with Crippen LogP contribution >= 0.6 is 0 Å². The summed E-state index contributed by atoms with van der Waals surface area (Å²) < 4.78 is 9.93. The second-order valence-corrected chi connectivity index (χ2v) is 5.47. The maximum atomic E-state index is 12.3. The minimum absolute atomic E-state index is 0.0528. The molecule has 2 atom stereocenters. The van der Waals surface area contributed by atoms with Gasteiger partial charge in [0.2, 0.25) is 6.10 Å². The first-order valence-corrected chi connectivity index (χ1v) is 7.80. The molecule has 1 saturated heterocycles. The second-order valence-electron chi connectivity index (χ2n) is 5.47. The highest BCUT2D eigenvalue weighted by Crippen LogP contribution is 2.20. The molecule has 0 saturated carbocycles. The van der Waals surface area contributed by atoms with Gasteiger partial charge < -0.3 is 14.3 Å². The number of benzene rings is 1. The van der Waals surface area contributed by atoms with E-state index in [1.54, 1.807) is 30.3 Å². The molecule has 9 nitrogen and oxygen atoms in total. The maximum Gasteiger partial charge on any atom is 0.373 e. The van der Waals surface area contributed by atoms with E-state index in [-0.39, 0.29) is 12.8 Å². The van der Waals surface area contributed by atoms with E-state index in [9.17, 15) is 24.0 Å². The van der Waals surface area contributed by atoms with Gasteiger partial charge in [-0.1, -0.05) is 30.3 Å². The van der Waals surface area contributed by atoms with Crippen LogP contribution in [0.3, 0.4) is 0 Å². The van der Waals surface area contributed by atoms with Crippen molar-refractivity contribution in [3.63, 3.8) is 0 Å². The Bertz CT molecular complexity index is 714. The Balaban J connectivity index is 2.03. The summed E-state index contributed by atoms with van der Waals surface area (Å²) in [4.78, 5) is 63.1. The second kappa shape index (κ2) is 8.24. The monoisotopic (exact) mass is 363 g/mol. The highest BCUT2D eigenvalue weighted by Gasteiger charge is 2.36. The highest BCUT2D eigenvalue weighted by atomic mass is 16.7. The van der Waals surface area contributed by atoms with Gasteiger partial charge in [0.05, 0.1) is 0 Å². The van der Waals surface area contributed by atoms with Crippen molar-refractivity contribution < 1.29 is 38.3 Å². The molecular weight excluding hydrogens is 346 g/mol. The summed E-state index contributed by atoms with van der Waals surface area (Å²) in [7, 11) is 0. The van der Waals surface area contributed by atoms with Gasteiger partial charge in [-0.2, -0.15) is 0 Å². The Morgan fingerprint density at radius 2 is 1.54 bits per heavy atom. The number of rotatable bonds is 6. The van der Waals surface area contributed by atoms with E-state index >= 15 is 0 Å². The van der Waals surface area contributed by atoms with Crippen LogP contribution in [-0.4, -0.2) is 40.9 Å². The van der Waals surface area contributed by atoms with Crippen molar-refractivity contribution in [2.24, 2.45) is 0 Å². The average Bonchev–Trinajstić information content (AvgIpc) is 2.92. The minimum atomic E-state index is -1.43. The molecule has 0 spiro atoms. The average molecular weight is 363 g/mol.